The number of aliphatic hydroxyl groups is 1. The van der Waals surface area contributed by atoms with Crippen LogP contribution in [0.1, 0.15) is 66.8 Å². The van der Waals surface area contributed by atoms with Crippen LogP contribution in [0.3, 0.4) is 0 Å². The van der Waals surface area contributed by atoms with E-state index in [-0.39, 0.29) is 68.4 Å². The van der Waals surface area contributed by atoms with Crippen molar-refractivity contribution in [2.45, 2.75) is 76.8 Å². The van der Waals surface area contributed by atoms with Gasteiger partial charge in [0.15, 0.2) is 17.1 Å². The molecule has 24 heteroatoms. The molecule has 8 amide bonds. The van der Waals surface area contributed by atoms with E-state index in [1.54, 1.807) is 55.5 Å². The molecule has 0 aliphatic carbocycles. The third kappa shape index (κ3) is 12.3. The molecule has 2 aromatic heterocycles. The van der Waals surface area contributed by atoms with Gasteiger partial charge in [0.25, 0.3) is 17.4 Å². The maximum Gasteiger partial charge on any atom is 0.343 e. The molecule has 8 rings (SSSR count). The van der Waals surface area contributed by atoms with Crippen LogP contribution in [0.5, 0.6) is 11.5 Å². The first kappa shape index (κ1) is 52.8. The maximum absolute atomic E-state index is 13.9. The molecule has 0 unspecified atom stereocenters. The van der Waals surface area contributed by atoms with Crippen LogP contribution >= 0.6 is 0 Å². The Labute approximate surface area is 427 Å². The van der Waals surface area contributed by atoms with E-state index in [2.05, 4.69) is 31.9 Å². The van der Waals surface area contributed by atoms with Crippen LogP contribution in [0.4, 0.5) is 0 Å². The smallest absolute Gasteiger partial charge is 0.343 e. The molecule has 0 bridgehead atoms. The van der Waals surface area contributed by atoms with Crippen LogP contribution in [0, 0.1) is 0 Å². The topological polar surface area (TPSA) is 321 Å². The highest BCUT2D eigenvalue weighted by Gasteiger charge is 2.45. The predicted octanol–water partition coefficient (Wildman–Crippen LogP) is -0.881. The fraction of sp³-hybridized carbons (Fsp3) is 0.392. The van der Waals surface area contributed by atoms with Crippen molar-refractivity contribution >= 4 is 64.1 Å². The van der Waals surface area contributed by atoms with Crippen LogP contribution in [0.15, 0.2) is 65.5 Å². The van der Waals surface area contributed by atoms with Gasteiger partial charge in [-0.3, -0.25) is 48.1 Å². The molecule has 75 heavy (non-hydrogen) atoms. The molecular weight excluding hydrogens is 979 g/mol. The summed E-state index contributed by atoms with van der Waals surface area (Å²) in [5.74, 6) is -4.36. The number of carbonyl (C=O) groups is 9. The van der Waals surface area contributed by atoms with Gasteiger partial charge < -0.3 is 60.5 Å². The molecule has 4 aromatic rings. The number of carbonyl (C=O) groups excluding carboxylic acids is 9. The van der Waals surface area contributed by atoms with Crippen LogP contribution < -0.4 is 46.9 Å². The number of benzene rings is 2. The highest BCUT2D eigenvalue weighted by atomic mass is 16.6. The van der Waals surface area contributed by atoms with E-state index in [9.17, 15) is 53.1 Å². The SMILES string of the molecule is CC[C@@]1(O)C(=O)OCc2c1cc1n(c2=O)Cc2c-1nc1cc3c(cc1c2CNC(=O)COCNC(=O)CNC(=O)[C@H](Cc1ccccc1)NC(=O)CNC(=O)CNC(=O)CCCCCN1C(=O)C=CC1=O)OCCO3. The third-order valence-electron chi connectivity index (χ3n) is 13.0. The summed E-state index contributed by atoms with van der Waals surface area (Å²) in [4.78, 5) is 133. The second-order valence-electron chi connectivity index (χ2n) is 18.0. The lowest BCUT2D eigenvalue weighted by molar-refractivity contribution is -0.172. The summed E-state index contributed by atoms with van der Waals surface area (Å²) in [5.41, 5.74) is 1.03. The number of unbranched alkanes of at least 4 members (excludes halogenated alkanes) is 2. The first-order chi connectivity index (χ1) is 36.1. The fourth-order valence-electron chi connectivity index (χ4n) is 8.96. The molecule has 2 aromatic carbocycles. The number of pyridine rings is 2. The van der Waals surface area contributed by atoms with Crippen molar-refractivity contribution in [3.05, 3.63) is 98.9 Å². The number of esters is 1. The standard InChI is InChI=1S/C51H55N9O15/c1-2-51(71)34-19-37-47-32(25-60(37)49(69)33(34)26-75-50(51)70)31(30-18-38-39(20-35(30)58-47)74-16-15-73-38)21-52-44(65)27-72-28-56-42(63)23-55-48(68)36(17-29-9-5-3-6-10-29)57-43(64)24-54-41(62)22-53-40(61)11-7-4-8-14-59-45(66)12-13-46(59)67/h3,5-6,9-10,12-13,18-20,36,71H,2,4,7-8,11,14-17,21-28H2,1H3,(H,52,65)(H,53,61)(H,54,62)(H,55,68)(H,56,63)(H,57,64)/t36-,51-/m0/s1. The Bertz CT molecular complexity index is 3030. The Balaban J connectivity index is 0.794. The monoisotopic (exact) mass is 1030 g/mol. The van der Waals surface area contributed by atoms with Crippen LogP contribution in [0.2, 0.25) is 0 Å². The molecule has 4 aliphatic rings. The van der Waals surface area contributed by atoms with E-state index in [0.717, 1.165) is 4.90 Å². The van der Waals surface area contributed by atoms with Gasteiger partial charge in [-0.2, -0.15) is 0 Å². The average molecular weight is 1030 g/mol. The summed E-state index contributed by atoms with van der Waals surface area (Å²) in [6, 6.07) is 12.7. The van der Waals surface area contributed by atoms with Crippen LogP contribution in [0.25, 0.3) is 22.3 Å². The van der Waals surface area contributed by atoms with Gasteiger partial charge in [0.05, 0.1) is 48.6 Å². The second-order valence-corrected chi connectivity index (χ2v) is 18.0. The minimum atomic E-state index is -2.03. The Kier molecular flexibility index (Phi) is 16.6. The number of amides is 8. The van der Waals surface area contributed by atoms with Crippen molar-refractivity contribution in [2.24, 2.45) is 0 Å². The van der Waals surface area contributed by atoms with Gasteiger partial charge in [0.1, 0.15) is 39.2 Å². The van der Waals surface area contributed by atoms with E-state index in [1.165, 1.54) is 16.7 Å². The summed E-state index contributed by atoms with van der Waals surface area (Å²) in [6.45, 7) is -0.108. The lowest BCUT2D eigenvalue weighted by Gasteiger charge is -2.31. The number of cyclic esters (lactones) is 1. The first-order valence-electron chi connectivity index (χ1n) is 24.3. The quantitative estimate of drug-likeness (QED) is 0.0181. The van der Waals surface area contributed by atoms with Gasteiger partial charge in [-0.05, 0) is 42.5 Å². The summed E-state index contributed by atoms with van der Waals surface area (Å²) < 4.78 is 23.8. The minimum absolute atomic E-state index is 0.0289. The van der Waals surface area contributed by atoms with Gasteiger partial charge in [-0.1, -0.05) is 43.7 Å². The Hall–Kier alpha value is -8.51. The number of rotatable bonds is 23. The first-order valence-corrected chi connectivity index (χ1v) is 24.3. The number of aromatic nitrogens is 2. The molecule has 0 saturated heterocycles. The molecule has 0 fully saturated rings. The van der Waals surface area contributed by atoms with Crippen LogP contribution in [-0.4, -0.2) is 132 Å². The second kappa shape index (κ2) is 23.6. The molecular formula is C51H55N9O15. The zero-order chi connectivity index (χ0) is 53.2. The third-order valence-corrected chi connectivity index (χ3v) is 13.0. The summed E-state index contributed by atoms with van der Waals surface area (Å²) >= 11 is 0. The van der Waals surface area contributed by atoms with E-state index >= 15 is 0 Å². The largest absolute Gasteiger partial charge is 0.486 e. The van der Waals surface area contributed by atoms with Gasteiger partial charge in [0, 0.05) is 60.7 Å². The summed E-state index contributed by atoms with van der Waals surface area (Å²) in [5, 5.41) is 27.2. The predicted molar refractivity (Wildman–Crippen MR) is 262 cm³/mol. The van der Waals surface area contributed by atoms with Crippen molar-refractivity contribution in [3.63, 3.8) is 0 Å². The minimum Gasteiger partial charge on any atom is -0.486 e. The van der Waals surface area contributed by atoms with Crippen molar-refractivity contribution < 1.29 is 67.2 Å². The average Bonchev–Trinajstić information content (AvgIpc) is 3.96. The molecule has 6 heterocycles. The Morgan fingerprint density at radius 1 is 0.773 bits per heavy atom. The maximum atomic E-state index is 13.9. The Morgan fingerprint density at radius 2 is 1.47 bits per heavy atom. The van der Waals surface area contributed by atoms with Gasteiger partial charge >= 0.3 is 5.97 Å². The van der Waals surface area contributed by atoms with Crippen molar-refractivity contribution in [2.75, 3.05) is 52.7 Å². The van der Waals surface area contributed by atoms with E-state index < -0.39 is 91.6 Å². The molecule has 0 radical (unpaired) electrons. The summed E-state index contributed by atoms with van der Waals surface area (Å²) in [7, 11) is 0. The van der Waals surface area contributed by atoms with Crippen molar-refractivity contribution in [1.29, 1.82) is 0 Å². The highest BCUT2D eigenvalue weighted by molar-refractivity contribution is 6.12. The lowest BCUT2D eigenvalue weighted by atomic mass is 9.86. The van der Waals surface area contributed by atoms with Gasteiger partial charge in [0.2, 0.25) is 35.4 Å². The fourth-order valence-corrected chi connectivity index (χ4v) is 8.96. The lowest BCUT2D eigenvalue weighted by Crippen LogP contribution is -2.52. The number of imide groups is 1. The molecule has 394 valence electrons. The zero-order valence-electron chi connectivity index (χ0n) is 40.9. The molecule has 0 spiro atoms. The number of ether oxygens (including phenoxy) is 4. The molecule has 4 aliphatic heterocycles. The van der Waals surface area contributed by atoms with E-state index in [4.69, 9.17) is 23.9 Å². The number of fused-ring (bicyclic) bond motifs is 6. The van der Waals surface area contributed by atoms with E-state index in [0.29, 0.717) is 83.0 Å². The molecule has 7 N–H and O–H groups in total. The number of nitrogens with zero attached hydrogens (tertiary/aromatic N) is 3. The van der Waals surface area contributed by atoms with Crippen molar-refractivity contribution in [3.8, 4) is 22.9 Å². The normalized spacial score (nSPS) is 16.3. The number of nitrogens with one attached hydrogen (secondary N) is 6. The van der Waals surface area contributed by atoms with Gasteiger partial charge in [-0.15, -0.1) is 0 Å². The summed E-state index contributed by atoms with van der Waals surface area (Å²) in [6.07, 6.45) is 4.09. The number of hydrogen-bond acceptors (Lipinski definition) is 16. The highest BCUT2D eigenvalue weighted by Crippen LogP contribution is 2.42. The zero-order valence-corrected chi connectivity index (χ0v) is 40.9. The molecule has 0 saturated carbocycles. The molecule has 2 atom stereocenters. The van der Waals surface area contributed by atoms with Gasteiger partial charge in [-0.25, -0.2) is 9.78 Å². The Morgan fingerprint density at radius 3 is 2.21 bits per heavy atom. The van der Waals surface area contributed by atoms with Crippen LogP contribution in [-0.2, 0) is 84.3 Å². The number of hydrogen-bond donors (Lipinski definition) is 7. The van der Waals surface area contributed by atoms with Crippen molar-refractivity contribution in [1.82, 2.24) is 46.4 Å². The molecule has 24 nitrogen and oxygen atoms in total. The van der Waals surface area contributed by atoms with E-state index in [1.807, 2.05) is 0 Å².